The van der Waals surface area contributed by atoms with Crippen LogP contribution in [0.15, 0.2) is 61.1 Å². The van der Waals surface area contributed by atoms with Crippen LogP contribution in [0.25, 0.3) is 0 Å². The second-order valence-corrected chi connectivity index (χ2v) is 6.13. The predicted octanol–water partition coefficient (Wildman–Crippen LogP) is 1.97. The Balaban J connectivity index is 1.35. The number of pyridine rings is 2. The zero-order valence-corrected chi connectivity index (χ0v) is 14.7. The minimum atomic E-state index is 0.0399. The Hall–Kier alpha value is -3.55. The van der Waals surface area contributed by atoms with Gasteiger partial charge in [-0.1, -0.05) is 6.07 Å². The molecule has 0 radical (unpaired) electrons. The van der Waals surface area contributed by atoms with Gasteiger partial charge in [0.25, 0.3) is 5.91 Å². The molecular weight excluding hydrogens is 342 g/mol. The standard InChI is InChI=1S/C19H19N7O/c27-19(15-6-9-20-10-7-15)26-13-11-25(12-14-26)18-5-4-17(23-24-18)22-16-3-1-2-8-21-16/h1-10H,11-14H2,(H,21,22,23). The van der Waals surface area contributed by atoms with Gasteiger partial charge in [-0.05, 0) is 36.4 Å². The first-order valence-electron chi connectivity index (χ1n) is 8.76. The topological polar surface area (TPSA) is 87.1 Å². The first-order valence-corrected chi connectivity index (χ1v) is 8.76. The summed E-state index contributed by atoms with van der Waals surface area (Å²) < 4.78 is 0. The molecule has 0 aliphatic carbocycles. The van der Waals surface area contributed by atoms with E-state index in [1.165, 1.54) is 0 Å². The number of nitrogens with zero attached hydrogens (tertiary/aromatic N) is 6. The van der Waals surface area contributed by atoms with Crippen LogP contribution >= 0.6 is 0 Å². The van der Waals surface area contributed by atoms with Gasteiger partial charge in [-0.3, -0.25) is 9.78 Å². The molecule has 8 heteroatoms. The summed E-state index contributed by atoms with van der Waals surface area (Å²) in [4.78, 5) is 24.6. The smallest absolute Gasteiger partial charge is 0.254 e. The Kier molecular flexibility index (Phi) is 4.86. The number of nitrogens with one attached hydrogen (secondary N) is 1. The second kappa shape index (κ2) is 7.77. The van der Waals surface area contributed by atoms with Crippen LogP contribution in [-0.2, 0) is 0 Å². The van der Waals surface area contributed by atoms with Crippen LogP contribution in [0.1, 0.15) is 10.4 Å². The summed E-state index contributed by atoms with van der Waals surface area (Å²) >= 11 is 0. The Morgan fingerprint density at radius 1 is 0.852 bits per heavy atom. The summed E-state index contributed by atoms with van der Waals surface area (Å²) in [6, 6.07) is 12.9. The molecule has 27 heavy (non-hydrogen) atoms. The number of hydrogen-bond acceptors (Lipinski definition) is 7. The molecule has 3 aromatic rings. The van der Waals surface area contributed by atoms with Gasteiger partial charge in [-0.2, -0.15) is 0 Å². The lowest BCUT2D eigenvalue weighted by Gasteiger charge is -2.35. The molecule has 8 nitrogen and oxygen atoms in total. The van der Waals surface area contributed by atoms with Crippen molar-refractivity contribution in [3.63, 3.8) is 0 Å². The third kappa shape index (κ3) is 4.00. The summed E-state index contributed by atoms with van der Waals surface area (Å²) in [7, 11) is 0. The van der Waals surface area contributed by atoms with Crippen LogP contribution in [0.3, 0.4) is 0 Å². The molecule has 4 rings (SSSR count). The second-order valence-electron chi connectivity index (χ2n) is 6.13. The van der Waals surface area contributed by atoms with Gasteiger partial charge in [0.2, 0.25) is 0 Å². The monoisotopic (exact) mass is 361 g/mol. The van der Waals surface area contributed by atoms with Crippen molar-refractivity contribution in [1.29, 1.82) is 0 Å². The molecule has 1 amide bonds. The third-order valence-electron chi connectivity index (χ3n) is 4.39. The minimum Gasteiger partial charge on any atom is -0.352 e. The number of anilines is 3. The molecule has 1 N–H and O–H groups in total. The van der Waals surface area contributed by atoms with E-state index in [0.717, 1.165) is 24.7 Å². The first kappa shape index (κ1) is 16.9. The maximum absolute atomic E-state index is 12.5. The van der Waals surface area contributed by atoms with Gasteiger partial charge in [0, 0.05) is 50.3 Å². The zero-order valence-electron chi connectivity index (χ0n) is 14.7. The van der Waals surface area contributed by atoms with E-state index in [9.17, 15) is 4.79 Å². The van der Waals surface area contributed by atoms with Gasteiger partial charge in [-0.25, -0.2) is 4.98 Å². The Bertz CT molecular complexity index is 879. The summed E-state index contributed by atoms with van der Waals surface area (Å²) in [6.45, 7) is 2.74. The summed E-state index contributed by atoms with van der Waals surface area (Å²) in [5.41, 5.74) is 0.670. The minimum absolute atomic E-state index is 0.0399. The van der Waals surface area contributed by atoms with E-state index in [-0.39, 0.29) is 5.91 Å². The van der Waals surface area contributed by atoms with Gasteiger partial charge < -0.3 is 15.1 Å². The highest BCUT2D eigenvalue weighted by Gasteiger charge is 2.23. The molecule has 136 valence electrons. The van der Waals surface area contributed by atoms with Crippen LogP contribution in [0, 0.1) is 0 Å². The normalized spacial score (nSPS) is 14.1. The van der Waals surface area contributed by atoms with E-state index in [1.54, 1.807) is 30.7 Å². The lowest BCUT2D eigenvalue weighted by Crippen LogP contribution is -2.49. The number of piperazine rings is 1. The lowest BCUT2D eigenvalue weighted by atomic mass is 10.2. The number of carbonyl (C=O) groups excluding carboxylic acids is 1. The third-order valence-corrected chi connectivity index (χ3v) is 4.39. The Morgan fingerprint density at radius 2 is 1.67 bits per heavy atom. The van der Waals surface area contributed by atoms with Crippen molar-refractivity contribution < 1.29 is 4.79 Å². The summed E-state index contributed by atoms with van der Waals surface area (Å²) in [6.07, 6.45) is 5.00. The van der Waals surface area contributed by atoms with E-state index in [1.807, 2.05) is 35.2 Å². The number of carbonyl (C=O) groups is 1. The van der Waals surface area contributed by atoms with Crippen molar-refractivity contribution in [2.45, 2.75) is 0 Å². The molecule has 0 atom stereocenters. The lowest BCUT2D eigenvalue weighted by molar-refractivity contribution is 0.0746. The van der Waals surface area contributed by atoms with Crippen molar-refractivity contribution >= 4 is 23.4 Å². The fourth-order valence-electron chi connectivity index (χ4n) is 2.94. The quantitative estimate of drug-likeness (QED) is 0.760. The van der Waals surface area contributed by atoms with Crippen molar-refractivity contribution in [2.24, 2.45) is 0 Å². The van der Waals surface area contributed by atoms with Gasteiger partial charge >= 0.3 is 0 Å². The van der Waals surface area contributed by atoms with Gasteiger partial charge in [0.05, 0.1) is 0 Å². The van der Waals surface area contributed by atoms with Crippen molar-refractivity contribution in [1.82, 2.24) is 25.1 Å². The Labute approximate surface area is 156 Å². The van der Waals surface area contributed by atoms with Crippen molar-refractivity contribution in [3.8, 4) is 0 Å². The number of hydrogen-bond donors (Lipinski definition) is 1. The average molecular weight is 361 g/mol. The molecule has 0 unspecified atom stereocenters. The molecule has 0 saturated carbocycles. The predicted molar refractivity (Wildman–Crippen MR) is 102 cm³/mol. The average Bonchev–Trinajstić information content (AvgIpc) is 2.75. The van der Waals surface area contributed by atoms with E-state index < -0.39 is 0 Å². The van der Waals surface area contributed by atoms with Crippen molar-refractivity contribution in [3.05, 3.63) is 66.6 Å². The van der Waals surface area contributed by atoms with Crippen LogP contribution in [0.2, 0.25) is 0 Å². The molecule has 3 aromatic heterocycles. The zero-order chi connectivity index (χ0) is 18.5. The van der Waals surface area contributed by atoms with E-state index >= 15 is 0 Å². The van der Waals surface area contributed by atoms with Crippen LogP contribution in [-0.4, -0.2) is 57.2 Å². The van der Waals surface area contributed by atoms with E-state index in [0.29, 0.717) is 24.5 Å². The SMILES string of the molecule is O=C(c1ccncc1)N1CCN(c2ccc(Nc3ccccn3)nn2)CC1. The van der Waals surface area contributed by atoms with Gasteiger partial charge in [0.15, 0.2) is 11.6 Å². The number of amides is 1. The molecule has 0 spiro atoms. The summed E-state index contributed by atoms with van der Waals surface area (Å²) in [5.74, 6) is 2.21. The highest BCUT2D eigenvalue weighted by atomic mass is 16.2. The highest BCUT2D eigenvalue weighted by molar-refractivity contribution is 5.94. The van der Waals surface area contributed by atoms with Gasteiger partial charge in [-0.15, -0.1) is 10.2 Å². The molecule has 0 bridgehead atoms. The fraction of sp³-hybridized carbons (Fsp3) is 0.211. The molecule has 1 fully saturated rings. The molecule has 1 aliphatic heterocycles. The van der Waals surface area contributed by atoms with E-state index in [4.69, 9.17) is 0 Å². The fourth-order valence-corrected chi connectivity index (χ4v) is 2.94. The number of aromatic nitrogens is 4. The largest absolute Gasteiger partial charge is 0.352 e. The van der Waals surface area contributed by atoms with Crippen molar-refractivity contribution in [2.75, 3.05) is 36.4 Å². The van der Waals surface area contributed by atoms with Crippen LogP contribution < -0.4 is 10.2 Å². The highest BCUT2D eigenvalue weighted by Crippen LogP contribution is 2.17. The number of rotatable bonds is 4. The van der Waals surface area contributed by atoms with E-state index in [2.05, 4.69) is 30.4 Å². The molecule has 4 heterocycles. The molecule has 1 aliphatic rings. The summed E-state index contributed by atoms with van der Waals surface area (Å²) in [5, 5.41) is 11.6. The van der Waals surface area contributed by atoms with Crippen LogP contribution in [0.4, 0.5) is 17.5 Å². The molecule has 1 saturated heterocycles. The van der Waals surface area contributed by atoms with Gasteiger partial charge in [0.1, 0.15) is 5.82 Å². The molecule has 0 aromatic carbocycles. The molecular formula is C19H19N7O. The first-order chi connectivity index (χ1) is 13.3. The van der Waals surface area contributed by atoms with Crippen LogP contribution in [0.5, 0.6) is 0 Å². The Morgan fingerprint density at radius 3 is 2.33 bits per heavy atom. The maximum Gasteiger partial charge on any atom is 0.254 e. The maximum atomic E-state index is 12.5.